The topological polar surface area (TPSA) is 32.5 Å². The summed E-state index contributed by atoms with van der Waals surface area (Å²) in [4.78, 5) is 4.82. The van der Waals surface area contributed by atoms with Crippen LogP contribution < -0.4 is 10.6 Å². The fraction of sp³-hybridized carbons (Fsp3) is 0.625. The first-order chi connectivity index (χ1) is 9.47. The number of hydrogen-bond donors (Lipinski definition) is 1. The molecule has 0 amide bonds. The van der Waals surface area contributed by atoms with Crippen molar-refractivity contribution in [1.82, 2.24) is 4.90 Å². The molecule has 1 heterocycles. The molecule has 1 aliphatic rings. The van der Waals surface area contributed by atoms with E-state index >= 15 is 0 Å². The van der Waals surface area contributed by atoms with Gasteiger partial charge < -0.3 is 15.5 Å². The third kappa shape index (κ3) is 3.96. The number of nitrogens with two attached hydrogens (primary N) is 1. The number of anilines is 1. The molecule has 0 spiro atoms. The average molecular weight is 340 g/mol. The van der Waals surface area contributed by atoms with Crippen LogP contribution in [0, 0.1) is 0 Å². The molecule has 0 radical (unpaired) electrons. The van der Waals surface area contributed by atoms with Gasteiger partial charge in [0.25, 0.3) is 0 Å². The van der Waals surface area contributed by atoms with Crippen LogP contribution in [-0.4, -0.2) is 44.2 Å². The summed E-state index contributed by atoms with van der Waals surface area (Å²) in [7, 11) is 4.41. The second-order valence-corrected chi connectivity index (χ2v) is 6.98. The normalized spacial score (nSPS) is 21.1. The molecule has 0 bridgehead atoms. The molecule has 2 atom stereocenters. The Labute approximate surface area is 131 Å². The highest BCUT2D eigenvalue weighted by Gasteiger charge is 2.22. The highest BCUT2D eigenvalue weighted by molar-refractivity contribution is 9.10. The van der Waals surface area contributed by atoms with Crippen molar-refractivity contribution >= 4 is 21.6 Å². The highest BCUT2D eigenvalue weighted by atomic mass is 79.9. The molecule has 2 N–H and O–H groups in total. The van der Waals surface area contributed by atoms with Gasteiger partial charge >= 0.3 is 0 Å². The van der Waals surface area contributed by atoms with E-state index in [2.05, 4.69) is 58.0 Å². The van der Waals surface area contributed by atoms with Crippen LogP contribution in [-0.2, 0) is 6.42 Å². The summed E-state index contributed by atoms with van der Waals surface area (Å²) in [5.74, 6) is 0. The van der Waals surface area contributed by atoms with Crippen molar-refractivity contribution in [2.24, 2.45) is 5.73 Å². The van der Waals surface area contributed by atoms with Gasteiger partial charge in [0.05, 0.1) is 5.69 Å². The number of halogens is 1. The molecule has 1 saturated heterocycles. The Morgan fingerprint density at radius 3 is 2.80 bits per heavy atom. The van der Waals surface area contributed by atoms with E-state index < -0.39 is 0 Å². The molecule has 1 aliphatic heterocycles. The maximum Gasteiger partial charge on any atom is 0.0508 e. The van der Waals surface area contributed by atoms with Crippen LogP contribution in [0.3, 0.4) is 0 Å². The van der Waals surface area contributed by atoms with E-state index in [0.29, 0.717) is 6.04 Å². The van der Waals surface area contributed by atoms with Gasteiger partial charge in [-0.05, 0) is 73.4 Å². The second kappa shape index (κ2) is 6.92. The van der Waals surface area contributed by atoms with Gasteiger partial charge in [-0.3, -0.25) is 0 Å². The van der Waals surface area contributed by atoms with Gasteiger partial charge in [0, 0.05) is 30.1 Å². The third-order valence-electron chi connectivity index (χ3n) is 4.14. The predicted octanol–water partition coefficient (Wildman–Crippen LogP) is 2.87. The van der Waals surface area contributed by atoms with Gasteiger partial charge in [-0.25, -0.2) is 0 Å². The van der Waals surface area contributed by atoms with Crippen molar-refractivity contribution in [2.75, 3.05) is 32.1 Å². The van der Waals surface area contributed by atoms with E-state index in [1.165, 1.54) is 35.1 Å². The van der Waals surface area contributed by atoms with E-state index in [-0.39, 0.29) is 6.04 Å². The summed E-state index contributed by atoms with van der Waals surface area (Å²) in [6.07, 6.45) is 3.55. The number of hydrogen-bond acceptors (Lipinski definition) is 3. The van der Waals surface area contributed by atoms with Crippen molar-refractivity contribution in [2.45, 2.75) is 38.3 Å². The molecule has 112 valence electrons. The molecular formula is C16H26BrN3. The molecule has 0 aliphatic carbocycles. The van der Waals surface area contributed by atoms with Crippen molar-refractivity contribution in [3.8, 4) is 0 Å². The maximum absolute atomic E-state index is 5.87. The first kappa shape index (κ1) is 15.8. The van der Waals surface area contributed by atoms with Crippen LogP contribution in [0.15, 0.2) is 22.7 Å². The molecule has 4 heteroatoms. The minimum absolute atomic E-state index is 0.206. The summed E-state index contributed by atoms with van der Waals surface area (Å²) in [5, 5.41) is 0. The first-order valence-electron chi connectivity index (χ1n) is 7.42. The quantitative estimate of drug-likeness (QED) is 0.895. The second-order valence-electron chi connectivity index (χ2n) is 6.12. The van der Waals surface area contributed by atoms with Crippen molar-refractivity contribution in [1.29, 1.82) is 0 Å². The Bertz CT molecular complexity index is 447. The molecular weight excluding hydrogens is 314 g/mol. The summed E-state index contributed by atoms with van der Waals surface area (Å²) in [6, 6.07) is 7.48. The largest absolute Gasteiger partial charge is 0.372 e. The number of likely N-dealkylation sites (tertiary alicyclic amines) is 1. The fourth-order valence-electron chi connectivity index (χ4n) is 2.98. The molecule has 1 aromatic carbocycles. The highest BCUT2D eigenvalue weighted by Crippen LogP contribution is 2.28. The molecule has 2 rings (SSSR count). The summed E-state index contributed by atoms with van der Waals surface area (Å²) < 4.78 is 1.17. The van der Waals surface area contributed by atoms with E-state index in [0.717, 1.165) is 13.0 Å². The zero-order chi connectivity index (χ0) is 14.7. The molecule has 3 nitrogen and oxygen atoms in total. The van der Waals surface area contributed by atoms with Crippen molar-refractivity contribution in [3.63, 3.8) is 0 Å². The van der Waals surface area contributed by atoms with Gasteiger partial charge in [-0.1, -0.05) is 6.07 Å². The van der Waals surface area contributed by atoms with Gasteiger partial charge in [-0.15, -0.1) is 0 Å². The summed E-state index contributed by atoms with van der Waals surface area (Å²) in [5.41, 5.74) is 8.42. The van der Waals surface area contributed by atoms with Gasteiger partial charge in [0.2, 0.25) is 0 Å². The van der Waals surface area contributed by atoms with Crippen molar-refractivity contribution in [3.05, 3.63) is 28.2 Å². The van der Waals surface area contributed by atoms with E-state index in [4.69, 9.17) is 5.73 Å². The Morgan fingerprint density at radius 1 is 1.50 bits per heavy atom. The Balaban J connectivity index is 2.04. The van der Waals surface area contributed by atoms with Crippen LogP contribution in [0.4, 0.5) is 5.69 Å². The Kier molecular flexibility index (Phi) is 5.47. The van der Waals surface area contributed by atoms with Crippen LogP contribution in [0.1, 0.15) is 25.3 Å². The lowest BCUT2D eigenvalue weighted by Gasteiger charge is -2.28. The van der Waals surface area contributed by atoms with Crippen molar-refractivity contribution < 1.29 is 0 Å². The minimum atomic E-state index is 0.206. The lowest BCUT2D eigenvalue weighted by molar-refractivity contribution is 0.314. The zero-order valence-electron chi connectivity index (χ0n) is 12.8. The molecule has 1 aromatic rings. The zero-order valence-corrected chi connectivity index (χ0v) is 14.4. The lowest BCUT2D eigenvalue weighted by Crippen LogP contribution is -2.36. The van der Waals surface area contributed by atoms with Gasteiger partial charge in [-0.2, -0.15) is 0 Å². The van der Waals surface area contributed by atoms with Crippen LogP contribution in [0.2, 0.25) is 0 Å². The summed E-state index contributed by atoms with van der Waals surface area (Å²) in [6.45, 7) is 4.36. The fourth-order valence-corrected chi connectivity index (χ4v) is 3.71. The number of benzene rings is 1. The van der Waals surface area contributed by atoms with Crippen LogP contribution in [0.25, 0.3) is 0 Å². The van der Waals surface area contributed by atoms with E-state index in [1.54, 1.807) is 0 Å². The van der Waals surface area contributed by atoms with Gasteiger partial charge in [0.15, 0.2) is 0 Å². The lowest BCUT2D eigenvalue weighted by atomic mass is 10.1. The Hall–Kier alpha value is -0.580. The van der Waals surface area contributed by atoms with Crippen LogP contribution in [0.5, 0.6) is 0 Å². The SMILES string of the molecule is CC(N)Cc1ccc(N(C)CC2CCCN2C)c(Br)c1. The minimum Gasteiger partial charge on any atom is -0.372 e. The van der Waals surface area contributed by atoms with E-state index in [9.17, 15) is 0 Å². The standard InChI is InChI=1S/C16H26BrN3/c1-12(18)9-13-6-7-16(15(17)10-13)20(3)11-14-5-4-8-19(14)2/h6-7,10,12,14H,4-5,8-9,11,18H2,1-3H3. The Morgan fingerprint density at radius 2 is 2.25 bits per heavy atom. The maximum atomic E-state index is 5.87. The predicted molar refractivity (Wildman–Crippen MR) is 90.4 cm³/mol. The van der Waals surface area contributed by atoms with Crippen LogP contribution >= 0.6 is 15.9 Å². The molecule has 0 saturated carbocycles. The molecule has 20 heavy (non-hydrogen) atoms. The number of rotatable bonds is 5. The molecule has 0 aromatic heterocycles. The smallest absolute Gasteiger partial charge is 0.0508 e. The molecule has 1 fully saturated rings. The monoisotopic (exact) mass is 339 g/mol. The van der Waals surface area contributed by atoms with E-state index in [1.807, 2.05) is 6.92 Å². The first-order valence-corrected chi connectivity index (χ1v) is 8.22. The summed E-state index contributed by atoms with van der Waals surface area (Å²) >= 11 is 3.71. The van der Waals surface area contributed by atoms with Gasteiger partial charge in [0.1, 0.15) is 0 Å². The third-order valence-corrected chi connectivity index (χ3v) is 4.77. The number of nitrogens with zero attached hydrogens (tertiary/aromatic N) is 2. The molecule has 2 unspecified atom stereocenters. The number of likely N-dealkylation sites (N-methyl/N-ethyl adjacent to an activating group) is 2. The average Bonchev–Trinajstić information content (AvgIpc) is 2.74.